The highest BCUT2D eigenvalue weighted by atomic mass is 35.5. The zero-order chi connectivity index (χ0) is 10.8. The van der Waals surface area contributed by atoms with E-state index < -0.39 is 0 Å². The summed E-state index contributed by atoms with van der Waals surface area (Å²) in [4.78, 5) is 18.0. The van der Waals surface area contributed by atoms with Crippen molar-refractivity contribution in [1.82, 2.24) is 9.88 Å². The number of carbonyl (C=O) groups excluding carboxylic acids is 1. The molecule has 0 aromatic carbocycles. The van der Waals surface area contributed by atoms with Gasteiger partial charge in [-0.15, -0.1) is 23.7 Å². The van der Waals surface area contributed by atoms with Gasteiger partial charge in [0.25, 0.3) is 5.91 Å². The molecule has 0 radical (unpaired) electrons. The Hall–Kier alpha value is -0.650. The van der Waals surface area contributed by atoms with E-state index >= 15 is 0 Å². The maximum absolute atomic E-state index is 12.0. The lowest BCUT2D eigenvalue weighted by molar-refractivity contribution is 0.0783. The van der Waals surface area contributed by atoms with Gasteiger partial charge in [0.1, 0.15) is 10.7 Å². The number of hydrogen-bond donors (Lipinski definition) is 1. The predicted molar refractivity (Wildman–Crippen MR) is 66.9 cm³/mol. The van der Waals surface area contributed by atoms with Crippen molar-refractivity contribution >= 4 is 29.7 Å². The monoisotopic (exact) mass is 261 g/mol. The van der Waals surface area contributed by atoms with Gasteiger partial charge in [0.05, 0.1) is 0 Å². The van der Waals surface area contributed by atoms with Gasteiger partial charge in [-0.3, -0.25) is 4.79 Å². The third kappa shape index (κ3) is 2.72. The summed E-state index contributed by atoms with van der Waals surface area (Å²) in [5.41, 5.74) is 6.01. The molecule has 1 aromatic rings. The van der Waals surface area contributed by atoms with E-state index in [4.69, 9.17) is 5.73 Å². The summed E-state index contributed by atoms with van der Waals surface area (Å²) in [7, 11) is 0. The van der Waals surface area contributed by atoms with E-state index in [1.54, 1.807) is 5.38 Å². The molecule has 16 heavy (non-hydrogen) atoms. The summed E-state index contributed by atoms with van der Waals surface area (Å²) in [6, 6.07) is 0. The number of nitrogens with two attached hydrogens (primary N) is 1. The minimum Gasteiger partial charge on any atom is -0.337 e. The van der Waals surface area contributed by atoms with Crippen molar-refractivity contribution in [3.8, 4) is 0 Å². The Morgan fingerprint density at radius 2 is 2.50 bits per heavy atom. The summed E-state index contributed by atoms with van der Waals surface area (Å²) in [5.74, 6) is 0.664. The van der Waals surface area contributed by atoms with Gasteiger partial charge in [0, 0.05) is 25.0 Å². The number of carbonyl (C=O) groups is 1. The largest absolute Gasteiger partial charge is 0.337 e. The first-order valence-electron chi connectivity index (χ1n) is 5.14. The van der Waals surface area contributed by atoms with Crippen LogP contribution in [0.3, 0.4) is 0 Å². The van der Waals surface area contributed by atoms with Gasteiger partial charge in [-0.05, 0) is 12.3 Å². The highest BCUT2D eigenvalue weighted by molar-refractivity contribution is 7.09. The van der Waals surface area contributed by atoms with Crippen LogP contribution >= 0.6 is 23.7 Å². The molecule has 0 bridgehead atoms. The fourth-order valence-electron chi connectivity index (χ4n) is 1.78. The Morgan fingerprint density at radius 3 is 3.00 bits per heavy atom. The van der Waals surface area contributed by atoms with Crippen LogP contribution in [-0.4, -0.2) is 28.9 Å². The molecule has 6 heteroatoms. The second kappa shape index (κ2) is 5.61. The van der Waals surface area contributed by atoms with Gasteiger partial charge in [0.15, 0.2) is 0 Å². The van der Waals surface area contributed by atoms with Gasteiger partial charge in [0.2, 0.25) is 0 Å². The lowest BCUT2D eigenvalue weighted by Crippen LogP contribution is -2.28. The van der Waals surface area contributed by atoms with E-state index in [1.807, 2.05) is 4.90 Å². The Balaban J connectivity index is 0.00000128. The third-order valence-electron chi connectivity index (χ3n) is 2.66. The molecule has 4 nitrogen and oxygen atoms in total. The molecule has 2 rings (SSSR count). The highest BCUT2D eigenvalue weighted by Crippen LogP contribution is 2.18. The smallest absolute Gasteiger partial charge is 0.273 e. The molecule has 90 valence electrons. The molecule has 1 aliphatic heterocycles. The number of rotatable bonds is 2. The summed E-state index contributed by atoms with van der Waals surface area (Å²) in [6.45, 7) is 4.29. The first kappa shape index (κ1) is 13.4. The molecule has 2 heterocycles. The number of amides is 1. The summed E-state index contributed by atoms with van der Waals surface area (Å²) in [5, 5.41) is 2.62. The molecule has 2 N–H and O–H groups in total. The molecule has 1 aliphatic rings. The van der Waals surface area contributed by atoms with Crippen molar-refractivity contribution < 1.29 is 4.79 Å². The molecule has 1 fully saturated rings. The number of thiazole rings is 1. The van der Waals surface area contributed by atoms with Crippen LogP contribution in [0.2, 0.25) is 0 Å². The molecule has 1 unspecified atom stereocenters. The van der Waals surface area contributed by atoms with E-state index in [1.165, 1.54) is 11.3 Å². The number of nitrogens with zero attached hydrogens (tertiary/aromatic N) is 2. The number of halogens is 1. The van der Waals surface area contributed by atoms with Gasteiger partial charge >= 0.3 is 0 Å². The summed E-state index contributed by atoms with van der Waals surface area (Å²) >= 11 is 1.45. The van der Waals surface area contributed by atoms with Gasteiger partial charge in [-0.1, -0.05) is 6.92 Å². The van der Waals surface area contributed by atoms with E-state index in [9.17, 15) is 4.79 Å². The summed E-state index contributed by atoms with van der Waals surface area (Å²) < 4.78 is 0. The predicted octanol–water partition coefficient (Wildman–Crippen LogP) is 1.51. The Bertz CT molecular complexity index is 369. The van der Waals surface area contributed by atoms with Crippen LogP contribution in [0.15, 0.2) is 5.38 Å². The van der Waals surface area contributed by atoms with Gasteiger partial charge < -0.3 is 10.6 Å². The van der Waals surface area contributed by atoms with E-state index in [-0.39, 0.29) is 18.3 Å². The van der Waals surface area contributed by atoms with Crippen LogP contribution in [0.4, 0.5) is 0 Å². The number of hydrogen-bond acceptors (Lipinski definition) is 4. The first-order chi connectivity index (χ1) is 7.20. The molecule has 1 atom stereocenters. The Morgan fingerprint density at radius 1 is 1.75 bits per heavy atom. The van der Waals surface area contributed by atoms with Gasteiger partial charge in [-0.25, -0.2) is 4.98 Å². The topological polar surface area (TPSA) is 59.2 Å². The fraction of sp³-hybridized carbons (Fsp3) is 0.600. The quantitative estimate of drug-likeness (QED) is 0.878. The van der Waals surface area contributed by atoms with E-state index in [0.29, 0.717) is 18.2 Å². The second-order valence-electron chi connectivity index (χ2n) is 3.98. The van der Waals surface area contributed by atoms with Crippen LogP contribution in [0.5, 0.6) is 0 Å². The molecule has 0 aliphatic carbocycles. The van der Waals surface area contributed by atoms with Crippen molar-refractivity contribution in [3.05, 3.63) is 16.1 Å². The average molecular weight is 262 g/mol. The average Bonchev–Trinajstić information content (AvgIpc) is 2.84. The van der Waals surface area contributed by atoms with Crippen LogP contribution in [-0.2, 0) is 6.54 Å². The van der Waals surface area contributed by atoms with Crippen molar-refractivity contribution in [2.75, 3.05) is 13.1 Å². The number of likely N-dealkylation sites (tertiary alicyclic amines) is 1. The molecular weight excluding hydrogens is 246 g/mol. The zero-order valence-corrected chi connectivity index (χ0v) is 10.8. The molecule has 1 amide bonds. The maximum Gasteiger partial charge on any atom is 0.273 e. The van der Waals surface area contributed by atoms with E-state index in [2.05, 4.69) is 11.9 Å². The van der Waals surface area contributed by atoms with Crippen molar-refractivity contribution in [2.24, 2.45) is 11.7 Å². The third-order valence-corrected chi connectivity index (χ3v) is 3.53. The lowest BCUT2D eigenvalue weighted by atomic mass is 10.2. The molecule has 0 spiro atoms. The minimum atomic E-state index is 0. The summed E-state index contributed by atoms with van der Waals surface area (Å²) in [6.07, 6.45) is 1.10. The minimum absolute atomic E-state index is 0. The van der Waals surface area contributed by atoms with Crippen LogP contribution in [0, 0.1) is 5.92 Å². The Kier molecular flexibility index (Phi) is 4.70. The van der Waals surface area contributed by atoms with Crippen molar-refractivity contribution in [3.63, 3.8) is 0 Å². The van der Waals surface area contributed by atoms with Crippen molar-refractivity contribution in [2.45, 2.75) is 19.9 Å². The maximum atomic E-state index is 12.0. The first-order valence-corrected chi connectivity index (χ1v) is 6.02. The SMILES string of the molecule is CC1CCN(C(=O)c2csc(CN)n2)C1.Cl. The number of aromatic nitrogens is 1. The normalized spacial score (nSPS) is 19.6. The molecule has 1 saturated heterocycles. The van der Waals surface area contributed by atoms with Crippen LogP contribution in [0.1, 0.15) is 28.8 Å². The highest BCUT2D eigenvalue weighted by Gasteiger charge is 2.25. The van der Waals surface area contributed by atoms with E-state index in [0.717, 1.165) is 24.5 Å². The molecule has 0 saturated carbocycles. The standard InChI is InChI=1S/C10H15N3OS.ClH/c1-7-2-3-13(5-7)10(14)8-6-15-9(4-11)12-8;/h6-7H,2-5,11H2,1H3;1H. The lowest BCUT2D eigenvalue weighted by Gasteiger charge is -2.13. The molecular formula is C10H16ClN3OS. The fourth-order valence-corrected chi connectivity index (χ4v) is 2.43. The second-order valence-corrected chi connectivity index (χ2v) is 4.92. The van der Waals surface area contributed by atoms with Gasteiger partial charge in [-0.2, -0.15) is 0 Å². The Labute approximate surface area is 105 Å². The van der Waals surface area contributed by atoms with Crippen molar-refractivity contribution in [1.29, 1.82) is 0 Å². The zero-order valence-electron chi connectivity index (χ0n) is 9.18. The van der Waals surface area contributed by atoms with Crippen LogP contribution < -0.4 is 5.73 Å². The molecule has 1 aromatic heterocycles. The van der Waals surface area contributed by atoms with Crippen LogP contribution in [0.25, 0.3) is 0 Å².